The average molecular weight is 269 g/mol. The van der Waals surface area contributed by atoms with Gasteiger partial charge in [-0.25, -0.2) is 4.39 Å². The Morgan fingerprint density at radius 3 is 2.47 bits per heavy atom. The Balaban J connectivity index is 2.26. The minimum absolute atomic E-state index is 0.134. The summed E-state index contributed by atoms with van der Waals surface area (Å²) in [6.07, 6.45) is 0. The van der Waals surface area contributed by atoms with E-state index in [0.717, 1.165) is 5.56 Å². The molecule has 4 heteroatoms. The number of benzene rings is 1. The van der Waals surface area contributed by atoms with E-state index in [1.807, 2.05) is 18.4 Å². The smallest absolute Gasteiger partial charge is 0.195 e. The molecule has 1 heterocycles. The molecule has 1 atom stereocenters. The van der Waals surface area contributed by atoms with Crippen LogP contribution in [-0.2, 0) is 0 Å². The zero-order chi connectivity index (χ0) is 12.4. The van der Waals surface area contributed by atoms with Gasteiger partial charge in [-0.2, -0.15) is 0 Å². The van der Waals surface area contributed by atoms with Gasteiger partial charge >= 0.3 is 0 Å². The lowest BCUT2D eigenvalue weighted by molar-refractivity contribution is 0.0990. The number of hydrogen-bond acceptors (Lipinski definition) is 2. The maximum absolute atomic E-state index is 12.8. The molecule has 0 N–H and O–H groups in total. The van der Waals surface area contributed by atoms with Crippen molar-refractivity contribution < 1.29 is 9.18 Å². The second-order valence-corrected chi connectivity index (χ2v) is 5.06. The van der Waals surface area contributed by atoms with Crippen molar-refractivity contribution in [3.63, 3.8) is 0 Å². The van der Waals surface area contributed by atoms with Gasteiger partial charge in [0.1, 0.15) is 11.2 Å². The predicted molar refractivity (Wildman–Crippen MR) is 68.4 cm³/mol. The number of ketones is 1. The van der Waals surface area contributed by atoms with Crippen LogP contribution in [0.1, 0.15) is 26.2 Å². The molecular weight excluding hydrogens is 259 g/mol. The first kappa shape index (κ1) is 12.3. The zero-order valence-electron chi connectivity index (χ0n) is 9.11. The van der Waals surface area contributed by atoms with Gasteiger partial charge in [-0.05, 0) is 41.6 Å². The lowest BCUT2D eigenvalue weighted by Gasteiger charge is -2.08. The molecule has 2 rings (SSSR count). The van der Waals surface area contributed by atoms with Gasteiger partial charge in [-0.3, -0.25) is 4.79 Å². The molecule has 0 saturated carbocycles. The second-order valence-electron chi connectivity index (χ2n) is 3.71. The zero-order valence-corrected chi connectivity index (χ0v) is 10.7. The first-order chi connectivity index (χ1) is 8.09. The van der Waals surface area contributed by atoms with E-state index in [2.05, 4.69) is 0 Å². The molecule has 0 aliphatic rings. The maximum Gasteiger partial charge on any atom is 0.195 e. The summed E-state index contributed by atoms with van der Waals surface area (Å²) < 4.78 is 12.8. The van der Waals surface area contributed by atoms with E-state index in [0.29, 0.717) is 10.4 Å². The van der Waals surface area contributed by atoms with Crippen molar-refractivity contribution >= 4 is 28.7 Å². The normalized spacial score (nSPS) is 12.4. The lowest BCUT2D eigenvalue weighted by Crippen LogP contribution is -2.06. The average Bonchev–Trinajstić information content (AvgIpc) is 2.74. The van der Waals surface area contributed by atoms with Crippen LogP contribution in [0.4, 0.5) is 4.39 Å². The van der Waals surface area contributed by atoms with Gasteiger partial charge in [0.25, 0.3) is 0 Å². The minimum atomic E-state index is -0.757. The third-order valence-corrected chi connectivity index (χ3v) is 3.96. The Morgan fingerprint density at radius 2 is 1.94 bits per heavy atom. The Hall–Kier alpha value is -1.19. The highest BCUT2D eigenvalue weighted by molar-refractivity contribution is 7.12. The molecule has 88 valence electrons. The Labute approximate surface area is 108 Å². The number of rotatable bonds is 3. The molecule has 0 aliphatic carbocycles. The van der Waals surface area contributed by atoms with Crippen molar-refractivity contribution in [2.45, 2.75) is 12.3 Å². The summed E-state index contributed by atoms with van der Waals surface area (Å²) in [4.78, 5) is 12.8. The molecule has 0 fully saturated rings. The highest BCUT2D eigenvalue weighted by Crippen LogP contribution is 2.28. The van der Waals surface area contributed by atoms with Gasteiger partial charge in [0.05, 0.1) is 4.88 Å². The van der Waals surface area contributed by atoms with Gasteiger partial charge in [0.2, 0.25) is 0 Å². The van der Waals surface area contributed by atoms with Crippen molar-refractivity contribution in [2.24, 2.45) is 0 Å². The van der Waals surface area contributed by atoms with Crippen LogP contribution in [0.2, 0.25) is 0 Å². The van der Waals surface area contributed by atoms with E-state index in [1.54, 1.807) is 0 Å². The quantitative estimate of drug-likeness (QED) is 0.597. The van der Waals surface area contributed by atoms with Crippen molar-refractivity contribution in [2.75, 3.05) is 0 Å². The fourth-order valence-electron chi connectivity index (χ4n) is 1.52. The van der Waals surface area contributed by atoms with Crippen LogP contribution in [0, 0.1) is 12.7 Å². The van der Waals surface area contributed by atoms with Crippen LogP contribution >= 0.6 is 22.9 Å². The van der Waals surface area contributed by atoms with Gasteiger partial charge in [-0.15, -0.1) is 22.9 Å². The van der Waals surface area contributed by atoms with E-state index >= 15 is 0 Å². The number of aryl methyl sites for hydroxylation is 1. The standard InChI is InChI=1S/C13H10ClFOS/c1-8-6-7-17-13(8)12(16)11(14)9-2-4-10(15)5-3-9/h2-7,11H,1H3. The Morgan fingerprint density at radius 1 is 1.29 bits per heavy atom. The highest BCUT2D eigenvalue weighted by Gasteiger charge is 2.21. The molecule has 2 aromatic rings. The monoisotopic (exact) mass is 268 g/mol. The first-order valence-electron chi connectivity index (χ1n) is 5.07. The molecule has 0 saturated heterocycles. The molecule has 1 unspecified atom stereocenters. The van der Waals surface area contributed by atoms with Crippen LogP contribution in [0.5, 0.6) is 0 Å². The van der Waals surface area contributed by atoms with Crippen LogP contribution in [-0.4, -0.2) is 5.78 Å². The van der Waals surface area contributed by atoms with Gasteiger partial charge in [-0.1, -0.05) is 12.1 Å². The molecule has 17 heavy (non-hydrogen) atoms. The molecule has 1 nitrogen and oxygen atoms in total. The number of hydrogen-bond donors (Lipinski definition) is 0. The molecule has 0 bridgehead atoms. The molecule has 1 aromatic carbocycles. The largest absolute Gasteiger partial charge is 0.291 e. The van der Waals surface area contributed by atoms with Crippen molar-refractivity contribution in [1.29, 1.82) is 0 Å². The van der Waals surface area contributed by atoms with E-state index in [4.69, 9.17) is 11.6 Å². The van der Waals surface area contributed by atoms with Crippen LogP contribution in [0.3, 0.4) is 0 Å². The second kappa shape index (κ2) is 4.98. The number of halogens is 2. The molecular formula is C13H10ClFOS. The lowest BCUT2D eigenvalue weighted by atomic mass is 10.1. The number of carbonyl (C=O) groups is 1. The molecule has 1 aromatic heterocycles. The fourth-order valence-corrected chi connectivity index (χ4v) is 2.74. The van der Waals surface area contributed by atoms with Gasteiger partial charge in [0, 0.05) is 0 Å². The summed E-state index contributed by atoms with van der Waals surface area (Å²) in [5, 5.41) is 1.10. The summed E-state index contributed by atoms with van der Waals surface area (Å²) in [6, 6.07) is 7.56. The number of thiophene rings is 1. The first-order valence-corrected chi connectivity index (χ1v) is 6.39. The van der Waals surface area contributed by atoms with E-state index < -0.39 is 5.38 Å². The summed E-state index contributed by atoms with van der Waals surface area (Å²) in [5.74, 6) is -0.469. The summed E-state index contributed by atoms with van der Waals surface area (Å²) in [6.45, 7) is 1.87. The topological polar surface area (TPSA) is 17.1 Å². The van der Waals surface area contributed by atoms with E-state index in [9.17, 15) is 9.18 Å². The van der Waals surface area contributed by atoms with E-state index in [-0.39, 0.29) is 11.6 Å². The third-order valence-electron chi connectivity index (χ3n) is 2.48. The number of carbonyl (C=O) groups excluding carboxylic acids is 1. The van der Waals surface area contributed by atoms with Crippen molar-refractivity contribution in [3.05, 3.63) is 57.5 Å². The van der Waals surface area contributed by atoms with Crippen LogP contribution in [0.15, 0.2) is 35.7 Å². The predicted octanol–water partition coefficient (Wildman–Crippen LogP) is 4.36. The Bertz CT molecular complexity index is 533. The third kappa shape index (κ3) is 2.56. The summed E-state index contributed by atoms with van der Waals surface area (Å²) in [7, 11) is 0. The number of alkyl halides is 1. The molecule has 0 aliphatic heterocycles. The maximum atomic E-state index is 12.8. The minimum Gasteiger partial charge on any atom is -0.291 e. The van der Waals surface area contributed by atoms with Crippen molar-refractivity contribution in [1.82, 2.24) is 0 Å². The molecule has 0 radical (unpaired) electrons. The summed E-state index contributed by atoms with van der Waals surface area (Å²) in [5.41, 5.74) is 1.54. The summed E-state index contributed by atoms with van der Waals surface area (Å²) >= 11 is 7.48. The molecule has 0 spiro atoms. The van der Waals surface area contributed by atoms with Gasteiger partial charge in [0.15, 0.2) is 5.78 Å². The van der Waals surface area contributed by atoms with Gasteiger partial charge < -0.3 is 0 Å². The van der Waals surface area contributed by atoms with Crippen molar-refractivity contribution in [3.8, 4) is 0 Å². The van der Waals surface area contributed by atoms with Crippen LogP contribution in [0.25, 0.3) is 0 Å². The van der Waals surface area contributed by atoms with Crippen LogP contribution < -0.4 is 0 Å². The number of Topliss-reactive ketones (excluding diaryl/α,β-unsaturated/α-hetero) is 1. The highest BCUT2D eigenvalue weighted by atomic mass is 35.5. The fraction of sp³-hybridized carbons (Fsp3) is 0.154. The van der Waals surface area contributed by atoms with E-state index in [1.165, 1.54) is 35.6 Å². The SMILES string of the molecule is Cc1ccsc1C(=O)C(Cl)c1ccc(F)cc1. The molecule has 0 amide bonds. The Kier molecular flexibility index (Phi) is 3.60.